The van der Waals surface area contributed by atoms with Crippen molar-refractivity contribution < 1.29 is 17.9 Å². The summed E-state index contributed by atoms with van der Waals surface area (Å²) in [6, 6.07) is 5.51. The zero-order valence-electron chi connectivity index (χ0n) is 12.9. The van der Waals surface area contributed by atoms with Gasteiger partial charge in [0.2, 0.25) is 0 Å². The molecule has 0 aliphatic rings. The van der Waals surface area contributed by atoms with Crippen LogP contribution in [0.15, 0.2) is 35.5 Å². The molecule has 0 aliphatic heterocycles. The fraction of sp³-hybridized carbons (Fsp3) is 0.333. The summed E-state index contributed by atoms with van der Waals surface area (Å²) in [4.78, 5) is 9.54. The van der Waals surface area contributed by atoms with Gasteiger partial charge in [-0.05, 0) is 24.6 Å². The molecule has 0 saturated heterocycles. The van der Waals surface area contributed by atoms with Gasteiger partial charge in [0.15, 0.2) is 5.96 Å². The van der Waals surface area contributed by atoms with Crippen LogP contribution in [0.2, 0.25) is 0 Å². The van der Waals surface area contributed by atoms with Crippen molar-refractivity contribution in [2.24, 2.45) is 10.7 Å². The lowest BCUT2D eigenvalue weighted by atomic mass is 10.2. The molecule has 9 heteroatoms. The van der Waals surface area contributed by atoms with Crippen molar-refractivity contribution in [2.45, 2.75) is 26.3 Å². The first-order valence-corrected chi connectivity index (χ1v) is 7.93. The van der Waals surface area contributed by atoms with Crippen LogP contribution in [-0.2, 0) is 13.0 Å². The number of aliphatic imine (C=N–C) groups is 1. The predicted molar refractivity (Wildman–Crippen MR) is 87.0 cm³/mol. The van der Waals surface area contributed by atoms with E-state index in [1.807, 2.05) is 13.1 Å². The van der Waals surface area contributed by atoms with Crippen LogP contribution in [0.5, 0.6) is 5.75 Å². The Morgan fingerprint density at radius 2 is 2.04 bits per heavy atom. The molecule has 5 nitrogen and oxygen atoms in total. The molecule has 130 valence electrons. The topological polar surface area (TPSA) is 72.5 Å². The largest absolute Gasteiger partial charge is 0.573 e. The number of benzene rings is 1. The second kappa shape index (κ2) is 8.00. The van der Waals surface area contributed by atoms with E-state index in [0.717, 1.165) is 21.9 Å². The third-order valence-electron chi connectivity index (χ3n) is 2.90. The Balaban J connectivity index is 1.77. The Bertz CT molecular complexity index is 683. The number of hydrogen-bond donors (Lipinski definition) is 2. The molecule has 1 heterocycles. The van der Waals surface area contributed by atoms with Crippen LogP contribution in [0.25, 0.3) is 0 Å². The van der Waals surface area contributed by atoms with Gasteiger partial charge in [-0.25, -0.2) is 9.98 Å². The Morgan fingerprint density at radius 1 is 1.33 bits per heavy atom. The molecular weight excluding hydrogens is 341 g/mol. The highest BCUT2D eigenvalue weighted by Crippen LogP contribution is 2.22. The average Bonchev–Trinajstić information content (AvgIpc) is 2.90. The molecule has 0 spiro atoms. The van der Waals surface area contributed by atoms with Gasteiger partial charge in [0.1, 0.15) is 5.75 Å². The maximum absolute atomic E-state index is 12.1. The van der Waals surface area contributed by atoms with E-state index in [2.05, 4.69) is 20.0 Å². The number of ether oxygens (including phenoxy) is 1. The lowest BCUT2D eigenvalue weighted by Crippen LogP contribution is -2.33. The zero-order chi connectivity index (χ0) is 17.6. The lowest BCUT2D eigenvalue weighted by molar-refractivity contribution is -0.274. The first kappa shape index (κ1) is 18.1. The third kappa shape index (κ3) is 6.45. The SMILES string of the molecule is Cc1cnc(CCNC(N)=NCc2ccc(OC(F)(F)F)cc2)s1. The van der Waals surface area contributed by atoms with Crippen LogP contribution in [0.4, 0.5) is 13.2 Å². The van der Waals surface area contributed by atoms with E-state index in [4.69, 9.17) is 5.73 Å². The van der Waals surface area contributed by atoms with Gasteiger partial charge < -0.3 is 15.8 Å². The van der Waals surface area contributed by atoms with E-state index in [0.29, 0.717) is 6.54 Å². The summed E-state index contributed by atoms with van der Waals surface area (Å²) in [6.45, 7) is 2.87. The van der Waals surface area contributed by atoms with Crippen LogP contribution in [-0.4, -0.2) is 23.9 Å². The van der Waals surface area contributed by atoms with Gasteiger partial charge in [0.05, 0.1) is 11.6 Å². The molecule has 1 aromatic heterocycles. The number of nitrogens with two attached hydrogens (primary N) is 1. The van der Waals surface area contributed by atoms with E-state index in [9.17, 15) is 13.2 Å². The van der Waals surface area contributed by atoms with Crippen molar-refractivity contribution in [3.63, 3.8) is 0 Å². The summed E-state index contributed by atoms with van der Waals surface area (Å²) < 4.78 is 40.0. The number of rotatable bonds is 6. The van der Waals surface area contributed by atoms with E-state index >= 15 is 0 Å². The molecule has 0 aliphatic carbocycles. The van der Waals surface area contributed by atoms with Crippen molar-refractivity contribution >= 4 is 17.3 Å². The first-order valence-electron chi connectivity index (χ1n) is 7.11. The smallest absolute Gasteiger partial charge is 0.406 e. The molecule has 0 unspecified atom stereocenters. The standard InChI is InChI=1S/C15H17F3N4OS/c1-10-8-21-13(24-10)6-7-20-14(19)22-9-11-2-4-12(5-3-11)23-15(16,17)18/h2-5,8H,6-7,9H2,1H3,(H3,19,20,22). The Kier molecular flexibility index (Phi) is 6.02. The number of nitrogens with one attached hydrogen (secondary N) is 1. The average molecular weight is 358 g/mol. The van der Waals surface area contributed by atoms with E-state index in [-0.39, 0.29) is 18.3 Å². The number of guanidine groups is 1. The van der Waals surface area contributed by atoms with Crippen molar-refractivity contribution in [2.75, 3.05) is 6.54 Å². The van der Waals surface area contributed by atoms with Gasteiger partial charge in [-0.1, -0.05) is 12.1 Å². The highest BCUT2D eigenvalue weighted by Gasteiger charge is 2.30. The van der Waals surface area contributed by atoms with Crippen molar-refractivity contribution in [3.05, 3.63) is 45.9 Å². The van der Waals surface area contributed by atoms with Gasteiger partial charge >= 0.3 is 6.36 Å². The number of aromatic nitrogens is 1. The third-order valence-corrected chi connectivity index (χ3v) is 3.88. The number of halogens is 3. The number of alkyl halides is 3. The highest BCUT2D eigenvalue weighted by molar-refractivity contribution is 7.11. The molecule has 0 bridgehead atoms. The van der Waals surface area contributed by atoms with Gasteiger partial charge in [0, 0.05) is 24.0 Å². The summed E-state index contributed by atoms with van der Waals surface area (Å²) >= 11 is 1.63. The van der Waals surface area contributed by atoms with Crippen molar-refractivity contribution in [3.8, 4) is 5.75 Å². The van der Waals surface area contributed by atoms with Crippen LogP contribution in [0, 0.1) is 6.92 Å². The van der Waals surface area contributed by atoms with Crippen molar-refractivity contribution in [1.29, 1.82) is 0 Å². The second-order valence-corrected chi connectivity index (χ2v) is 6.25. The van der Waals surface area contributed by atoms with E-state index in [1.54, 1.807) is 11.3 Å². The van der Waals surface area contributed by atoms with E-state index < -0.39 is 6.36 Å². The molecule has 1 aromatic carbocycles. The molecule has 0 saturated carbocycles. The van der Waals surface area contributed by atoms with Crippen molar-refractivity contribution in [1.82, 2.24) is 10.3 Å². The molecule has 3 N–H and O–H groups in total. The molecule has 0 atom stereocenters. The summed E-state index contributed by atoms with van der Waals surface area (Å²) in [7, 11) is 0. The number of nitrogens with zero attached hydrogens (tertiary/aromatic N) is 2. The zero-order valence-corrected chi connectivity index (χ0v) is 13.7. The minimum absolute atomic E-state index is 0.264. The van der Waals surface area contributed by atoms with Gasteiger partial charge in [-0.2, -0.15) is 0 Å². The van der Waals surface area contributed by atoms with Crippen LogP contribution in [0.3, 0.4) is 0 Å². The molecule has 0 radical (unpaired) electrons. The molecular formula is C15H17F3N4OS. The molecule has 0 amide bonds. The first-order chi connectivity index (χ1) is 11.3. The fourth-order valence-electron chi connectivity index (χ4n) is 1.84. The summed E-state index contributed by atoms with van der Waals surface area (Å²) in [5.74, 6) is 0.0129. The van der Waals surface area contributed by atoms with Crippen LogP contribution < -0.4 is 15.8 Å². The van der Waals surface area contributed by atoms with Gasteiger partial charge in [-0.3, -0.25) is 0 Å². The molecule has 0 fully saturated rings. The van der Waals surface area contributed by atoms with Crippen LogP contribution in [0.1, 0.15) is 15.4 Å². The normalized spacial score (nSPS) is 12.2. The maximum Gasteiger partial charge on any atom is 0.573 e. The van der Waals surface area contributed by atoms with Crippen LogP contribution >= 0.6 is 11.3 Å². The predicted octanol–water partition coefficient (Wildman–Crippen LogP) is 3.00. The Hall–Kier alpha value is -2.29. The Labute approximate surface area is 141 Å². The summed E-state index contributed by atoms with van der Waals surface area (Å²) in [5, 5.41) is 4.00. The summed E-state index contributed by atoms with van der Waals surface area (Å²) in [6.07, 6.45) is -2.12. The quantitative estimate of drug-likeness (QED) is 0.615. The number of hydrogen-bond acceptors (Lipinski definition) is 4. The minimum Gasteiger partial charge on any atom is -0.406 e. The highest BCUT2D eigenvalue weighted by atomic mass is 32.1. The fourth-order valence-corrected chi connectivity index (χ4v) is 2.63. The molecule has 24 heavy (non-hydrogen) atoms. The van der Waals surface area contributed by atoms with E-state index in [1.165, 1.54) is 24.3 Å². The molecule has 2 rings (SSSR count). The summed E-state index contributed by atoms with van der Waals surface area (Å²) in [5.41, 5.74) is 6.48. The molecule has 2 aromatic rings. The van der Waals surface area contributed by atoms with Gasteiger partial charge in [-0.15, -0.1) is 24.5 Å². The van der Waals surface area contributed by atoms with Gasteiger partial charge in [0.25, 0.3) is 0 Å². The Morgan fingerprint density at radius 3 is 2.62 bits per heavy atom. The maximum atomic E-state index is 12.1. The monoisotopic (exact) mass is 358 g/mol. The minimum atomic E-state index is -4.69. The second-order valence-electron chi connectivity index (χ2n) is 4.93. The lowest BCUT2D eigenvalue weighted by Gasteiger charge is -2.09. The number of thiazole rings is 1. The number of aryl methyl sites for hydroxylation is 1.